The van der Waals surface area contributed by atoms with Gasteiger partial charge in [0.05, 0.1) is 0 Å². The molecule has 262 valence electrons. The van der Waals surface area contributed by atoms with E-state index in [1.165, 1.54) is 20.2 Å². The van der Waals surface area contributed by atoms with Crippen molar-refractivity contribution >= 4 is 53.4 Å². The molecule has 56 heavy (non-hydrogen) atoms. The van der Waals surface area contributed by atoms with Crippen LogP contribution < -0.4 is 0 Å². The van der Waals surface area contributed by atoms with Gasteiger partial charge in [0.2, 0.25) is 0 Å². The number of aromatic nitrogens is 3. The maximum Gasteiger partial charge on any atom is 0.164 e. The second-order valence-corrected chi connectivity index (χ2v) is 15.1. The average molecular weight is 734 g/mol. The van der Waals surface area contributed by atoms with Crippen LogP contribution in [0.4, 0.5) is 0 Å². The molecule has 0 bridgehead atoms. The molecule has 0 spiro atoms. The maximum absolute atomic E-state index is 6.58. The molecule has 8 aromatic carbocycles. The lowest BCUT2D eigenvalue weighted by Crippen LogP contribution is -2.00. The summed E-state index contributed by atoms with van der Waals surface area (Å²) in [5.74, 6) is 1.93. The highest BCUT2D eigenvalue weighted by Crippen LogP contribution is 2.44. The summed E-state index contributed by atoms with van der Waals surface area (Å²) >= 11 is 1.79. The van der Waals surface area contributed by atoms with Crippen molar-refractivity contribution in [1.29, 1.82) is 0 Å². The van der Waals surface area contributed by atoms with Crippen molar-refractivity contribution < 1.29 is 4.42 Å². The Morgan fingerprint density at radius 3 is 1.70 bits per heavy atom. The van der Waals surface area contributed by atoms with Gasteiger partial charge in [0.15, 0.2) is 17.5 Å². The molecule has 0 N–H and O–H groups in total. The largest absolute Gasteiger partial charge is 0.455 e. The molecule has 0 amide bonds. The molecule has 3 heterocycles. The molecule has 0 unspecified atom stereocenters. The van der Waals surface area contributed by atoms with Crippen LogP contribution in [0.2, 0.25) is 0 Å². The average Bonchev–Trinajstić information content (AvgIpc) is 3.85. The van der Waals surface area contributed by atoms with Gasteiger partial charge in [-0.25, -0.2) is 15.0 Å². The molecule has 0 aliphatic heterocycles. The monoisotopic (exact) mass is 733 g/mol. The molecule has 3 aromatic heterocycles. The fourth-order valence-electron chi connectivity index (χ4n) is 7.82. The summed E-state index contributed by atoms with van der Waals surface area (Å²) in [6.07, 6.45) is 0. The summed E-state index contributed by atoms with van der Waals surface area (Å²) in [7, 11) is 0. The second kappa shape index (κ2) is 13.3. The first-order valence-corrected chi connectivity index (χ1v) is 19.5. The summed E-state index contributed by atoms with van der Waals surface area (Å²) in [5, 5.41) is 4.69. The lowest BCUT2D eigenvalue weighted by molar-refractivity contribution is 0.670. The van der Waals surface area contributed by atoms with Crippen LogP contribution in [-0.2, 0) is 0 Å². The molecule has 0 radical (unpaired) electrons. The van der Waals surface area contributed by atoms with E-state index >= 15 is 0 Å². The molecule has 11 aromatic rings. The number of rotatable bonds is 6. The van der Waals surface area contributed by atoms with E-state index in [0.29, 0.717) is 17.5 Å². The van der Waals surface area contributed by atoms with E-state index in [1.807, 2.05) is 48.5 Å². The minimum Gasteiger partial charge on any atom is -0.455 e. The van der Waals surface area contributed by atoms with Gasteiger partial charge < -0.3 is 4.42 Å². The van der Waals surface area contributed by atoms with Gasteiger partial charge in [-0.3, -0.25) is 0 Å². The van der Waals surface area contributed by atoms with Crippen LogP contribution in [0.3, 0.4) is 0 Å². The van der Waals surface area contributed by atoms with Gasteiger partial charge >= 0.3 is 0 Å². The molecule has 0 aliphatic rings. The third-order valence-electron chi connectivity index (χ3n) is 10.5. The van der Waals surface area contributed by atoms with Crippen molar-refractivity contribution in [2.24, 2.45) is 0 Å². The molecule has 0 aliphatic carbocycles. The van der Waals surface area contributed by atoms with Gasteiger partial charge in [-0.1, -0.05) is 152 Å². The SMILES string of the molecule is c1ccc(-c2cccc(-c3nc(-c4ccccc4)nc(-c4ccc5c(c4)sc4ccc(-c6ccc(-c7ccccc7)c7oc8ccccc8c67)cc45)n3)c2)cc1. The Labute approximate surface area is 327 Å². The number of para-hydroxylation sites is 1. The van der Waals surface area contributed by atoms with Crippen molar-refractivity contribution in [3.63, 3.8) is 0 Å². The Morgan fingerprint density at radius 2 is 0.929 bits per heavy atom. The zero-order valence-electron chi connectivity index (χ0n) is 30.1. The predicted octanol–water partition coefficient (Wildman–Crippen LogP) is 14.1. The van der Waals surface area contributed by atoms with E-state index < -0.39 is 0 Å². The number of thiophene rings is 1. The quantitative estimate of drug-likeness (QED) is 0.171. The number of hydrogen-bond acceptors (Lipinski definition) is 5. The standard InChI is InChI=1S/C51H31N3OS/c1-4-13-32(14-5-1)35-19-12-20-37(29-35)50-52-49(34-17-8-3-9-18-34)53-51(54-50)38-23-25-41-43-30-36(24-28-45(43)56-46(41)31-38)39-26-27-40(33-15-6-2-7-16-33)48-47(39)42-21-10-11-22-44(42)55-48/h1-31H. The number of benzene rings is 8. The van der Waals surface area contributed by atoms with E-state index in [2.05, 4.69) is 140 Å². The lowest BCUT2D eigenvalue weighted by Gasteiger charge is -2.10. The molecule has 5 heteroatoms. The van der Waals surface area contributed by atoms with Gasteiger partial charge in [-0.05, 0) is 64.2 Å². The summed E-state index contributed by atoms with van der Waals surface area (Å²) in [5.41, 5.74) is 11.5. The van der Waals surface area contributed by atoms with E-state index in [4.69, 9.17) is 19.4 Å². The van der Waals surface area contributed by atoms with Crippen molar-refractivity contribution in [2.45, 2.75) is 0 Å². The molecular weight excluding hydrogens is 703 g/mol. The Bertz CT molecular complexity index is 3240. The van der Waals surface area contributed by atoms with Gasteiger partial charge in [0, 0.05) is 53.2 Å². The predicted molar refractivity (Wildman–Crippen MR) is 233 cm³/mol. The summed E-state index contributed by atoms with van der Waals surface area (Å²) in [4.78, 5) is 15.1. The molecule has 0 atom stereocenters. The van der Waals surface area contributed by atoms with Crippen LogP contribution in [-0.4, -0.2) is 15.0 Å². The van der Waals surface area contributed by atoms with Gasteiger partial charge in [0.1, 0.15) is 11.2 Å². The first-order valence-electron chi connectivity index (χ1n) is 18.7. The van der Waals surface area contributed by atoms with Crippen molar-refractivity contribution in [2.75, 3.05) is 0 Å². The first kappa shape index (κ1) is 32.2. The zero-order valence-corrected chi connectivity index (χ0v) is 30.9. The van der Waals surface area contributed by atoms with Gasteiger partial charge in [0.25, 0.3) is 0 Å². The van der Waals surface area contributed by atoms with Crippen molar-refractivity contribution in [3.8, 4) is 67.5 Å². The van der Waals surface area contributed by atoms with Crippen LogP contribution in [0.5, 0.6) is 0 Å². The highest BCUT2D eigenvalue weighted by atomic mass is 32.1. The molecule has 0 fully saturated rings. The fraction of sp³-hybridized carbons (Fsp3) is 0. The molecule has 11 rings (SSSR count). The van der Waals surface area contributed by atoms with Crippen LogP contribution in [0, 0.1) is 0 Å². The first-order chi connectivity index (χ1) is 27.7. The van der Waals surface area contributed by atoms with Crippen LogP contribution in [0.1, 0.15) is 0 Å². The number of nitrogens with zero attached hydrogens (tertiary/aromatic N) is 3. The fourth-order valence-corrected chi connectivity index (χ4v) is 8.94. The molecule has 0 saturated heterocycles. The molecule has 0 saturated carbocycles. The third-order valence-corrected chi connectivity index (χ3v) is 11.7. The van der Waals surface area contributed by atoms with Crippen molar-refractivity contribution in [1.82, 2.24) is 15.0 Å². The summed E-state index contributed by atoms with van der Waals surface area (Å²) in [6, 6.07) is 65.7. The van der Waals surface area contributed by atoms with E-state index in [0.717, 1.165) is 72.0 Å². The normalized spacial score (nSPS) is 11.6. The minimum atomic E-state index is 0.643. The Hall–Kier alpha value is -7.21. The molecule has 4 nitrogen and oxygen atoms in total. The Balaban J connectivity index is 1.03. The summed E-state index contributed by atoms with van der Waals surface area (Å²) < 4.78 is 9.00. The Morgan fingerprint density at radius 1 is 0.339 bits per heavy atom. The highest BCUT2D eigenvalue weighted by molar-refractivity contribution is 7.25. The number of fused-ring (bicyclic) bond motifs is 6. The molecular formula is C51H31N3OS. The lowest BCUT2D eigenvalue weighted by atomic mass is 9.94. The van der Waals surface area contributed by atoms with E-state index in [1.54, 1.807) is 11.3 Å². The van der Waals surface area contributed by atoms with E-state index in [-0.39, 0.29) is 0 Å². The second-order valence-electron chi connectivity index (χ2n) is 14.0. The maximum atomic E-state index is 6.58. The van der Waals surface area contributed by atoms with Crippen molar-refractivity contribution in [3.05, 3.63) is 188 Å². The van der Waals surface area contributed by atoms with Gasteiger partial charge in [-0.2, -0.15) is 0 Å². The highest BCUT2D eigenvalue weighted by Gasteiger charge is 2.19. The van der Waals surface area contributed by atoms with Crippen LogP contribution >= 0.6 is 11.3 Å². The van der Waals surface area contributed by atoms with E-state index in [9.17, 15) is 0 Å². The smallest absolute Gasteiger partial charge is 0.164 e. The zero-order chi connectivity index (χ0) is 37.0. The van der Waals surface area contributed by atoms with Gasteiger partial charge in [-0.15, -0.1) is 11.3 Å². The topological polar surface area (TPSA) is 51.8 Å². The number of furan rings is 1. The van der Waals surface area contributed by atoms with Crippen LogP contribution in [0.15, 0.2) is 192 Å². The van der Waals surface area contributed by atoms with Crippen LogP contribution in [0.25, 0.3) is 110 Å². The number of hydrogen-bond donors (Lipinski definition) is 0. The summed E-state index contributed by atoms with van der Waals surface area (Å²) in [6.45, 7) is 0. The minimum absolute atomic E-state index is 0.643. The Kier molecular flexibility index (Phi) is 7.64. The third kappa shape index (κ3) is 5.56.